The molecule has 0 bridgehead atoms. The van der Waals surface area contributed by atoms with E-state index in [1.807, 2.05) is 24.3 Å². The van der Waals surface area contributed by atoms with E-state index in [4.69, 9.17) is 16.0 Å². The molecule has 142 valence electrons. The van der Waals surface area contributed by atoms with Crippen LogP contribution in [0.4, 0.5) is 5.82 Å². The van der Waals surface area contributed by atoms with E-state index in [-0.39, 0.29) is 0 Å². The molecule has 0 N–H and O–H groups in total. The smallest absolute Gasteiger partial charge is 0.209 e. The van der Waals surface area contributed by atoms with Gasteiger partial charge in [0.2, 0.25) is 5.89 Å². The van der Waals surface area contributed by atoms with Crippen LogP contribution in [0.1, 0.15) is 5.89 Å². The maximum atomic E-state index is 6.07. The molecule has 1 aliphatic heterocycles. The molecule has 3 aromatic heterocycles. The van der Waals surface area contributed by atoms with Gasteiger partial charge in [0.15, 0.2) is 5.76 Å². The van der Waals surface area contributed by atoms with Gasteiger partial charge in [0.05, 0.1) is 18.1 Å². The Hall–Kier alpha value is -2.48. The summed E-state index contributed by atoms with van der Waals surface area (Å²) in [4.78, 5) is 19.0. The van der Waals surface area contributed by atoms with E-state index in [2.05, 4.69) is 36.2 Å². The summed E-state index contributed by atoms with van der Waals surface area (Å²) < 4.78 is 5.94. The Balaban J connectivity index is 1.24. The molecule has 0 unspecified atom stereocenters. The van der Waals surface area contributed by atoms with Crippen LogP contribution < -0.4 is 4.90 Å². The summed E-state index contributed by atoms with van der Waals surface area (Å²) in [6.07, 6.45) is 3.43. The lowest BCUT2D eigenvalue weighted by atomic mass is 10.2. The van der Waals surface area contributed by atoms with Crippen molar-refractivity contribution in [2.45, 2.75) is 6.54 Å². The fourth-order valence-electron chi connectivity index (χ4n) is 3.50. The first-order valence-corrected chi connectivity index (χ1v) is 10.4. The molecule has 0 aliphatic carbocycles. The van der Waals surface area contributed by atoms with Crippen LogP contribution in [0.3, 0.4) is 0 Å². The number of thiophene rings is 1. The van der Waals surface area contributed by atoms with Crippen LogP contribution in [0.25, 0.3) is 21.5 Å². The highest BCUT2D eigenvalue weighted by molar-refractivity contribution is 7.16. The van der Waals surface area contributed by atoms with Crippen LogP contribution in [0.2, 0.25) is 5.02 Å². The van der Waals surface area contributed by atoms with Crippen molar-refractivity contribution in [1.29, 1.82) is 0 Å². The molecule has 0 amide bonds. The zero-order valence-electron chi connectivity index (χ0n) is 15.1. The van der Waals surface area contributed by atoms with E-state index in [0.29, 0.717) is 11.6 Å². The Morgan fingerprint density at radius 2 is 1.96 bits per heavy atom. The number of aromatic nitrogens is 3. The van der Waals surface area contributed by atoms with Gasteiger partial charge in [0, 0.05) is 36.8 Å². The average molecular weight is 412 g/mol. The standard InChI is InChI=1S/C20H18ClN5OS/c21-15-3-1-2-14(10-15)17-11-22-18(27-17)12-25-5-7-26(8-6-25)19-16-4-9-28-20(16)24-13-23-19/h1-4,9-11,13H,5-8,12H2. The Bertz CT molecular complexity index is 1100. The van der Waals surface area contributed by atoms with Crippen LogP contribution >= 0.6 is 22.9 Å². The lowest BCUT2D eigenvalue weighted by Gasteiger charge is -2.34. The third kappa shape index (κ3) is 3.48. The second-order valence-electron chi connectivity index (χ2n) is 6.73. The molecular formula is C20H18ClN5OS. The van der Waals surface area contributed by atoms with Crippen LogP contribution in [0, 0.1) is 0 Å². The first-order chi connectivity index (χ1) is 13.8. The minimum Gasteiger partial charge on any atom is -0.439 e. The molecule has 1 aliphatic rings. The maximum Gasteiger partial charge on any atom is 0.209 e. The number of piperazine rings is 1. The van der Waals surface area contributed by atoms with Crippen LogP contribution in [0.15, 0.2) is 52.7 Å². The van der Waals surface area contributed by atoms with E-state index in [9.17, 15) is 0 Å². The van der Waals surface area contributed by atoms with Crippen LogP contribution in [-0.4, -0.2) is 46.0 Å². The Labute approximate surface area is 171 Å². The molecule has 0 spiro atoms. The van der Waals surface area contributed by atoms with Crippen LogP contribution in [0.5, 0.6) is 0 Å². The molecule has 4 aromatic rings. The monoisotopic (exact) mass is 411 g/mol. The van der Waals surface area contributed by atoms with Crippen LogP contribution in [-0.2, 0) is 6.54 Å². The molecule has 6 nitrogen and oxygen atoms in total. The summed E-state index contributed by atoms with van der Waals surface area (Å²) in [5.74, 6) is 2.51. The molecule has 0 saturated carbocycles. The van der Waals surface area contributed by atoms with Gasteiger partial charge in [0.1, 0.15) is 17.0 Å². The molecule has 0 atom stereocenters. The number of anilines is 1. The molecule has 28 heavy (non-hydrogen) atoms. The van der Waals surface area contributed by atoms with Crippen molar-refractivity contribution >= 4 is 39.0 Å². The van der Waals surface area contributed by atoms with E-state index in [1.165, 1.54) is 0 Å². The number of fused-ring (bicyclic) bond motifs is 1. The van der Waals surface area contributed by atoms with Crippen molar-refractivity contribution in [3.63, 3.8) is 0 Å². The van der Waals surface area contributed by atoms with Gasteiger partial charge in [-0.2, -0.15) is 0 Å². The highest BCUT2D eigenvalue weighted by Gasteiger charge is 2.21. The zero-order valence-corrected chi connectivity index (χ0v) is 16.7. The summed E-state index contributed by atoms with van der Waals surface area (Å²) in [6, 6.07) is 9.73. The van der Waals surface area contributed by atoms with Crippen molar-refractivity contribution in [1.82, 2.24) is 19.9 Å². The topological polar surface area (TPSA) is 58.3 Å². The first-order valence-electron chi connectivity index (χ1n) is 9.12. The number of benzene rings is 1. The molecule has 1 saturated heterocycles. The van der Waals surface area contributed by atoms with E-state index < -0.39 is 0 Å². The predicted octanol–water partition coefficient (Wildman–Crippen LogP) is 4.32. The minimum atomic E-state index is 0.691. The minimum absolute atomic E-state index is 0.691. The summed E-state index contributed by atoms with van der Waals surface area (Å²) in [5, 5.41) is 3.90. The van der Waals surface area contributed by atoms with Crippen molar-refractivity contribution in [3.05, 3.63) is 59.1 Å². The molecule has 1 fully saturated rings. The number of halogens is 1. The summed E-state index contributed by atoms with van der Waals surface area (Å²) in [7, 11) is 0. The van der Waals surface area contributed by atoms with Crippen molar-refractivity contribution < 1.29 is 4.42 Å². The van der Waals surface area contributed by atoms with Gasteiger partial charge in [-0.25, -0.2) is 15.0 Å². The van der Waals surface area contributed by atoms with Gasteiger partial charge in [0.25, 0.3) is 0 Å². The predicted molar refractivity (Wildman–Crippen MR) is 112 cm³/mol. The van der Waals surface area contributed by atoms with Crippen molar-refractivity contribution in [2.24, 2.45) is 0 Å². The zero-order chi connectivity index (χ0) is 18.9. The quantitative estimate of drug-likeness (QED) is 0.498. The van der Waals surface area contributed by atoms with Gasteiger partial charge in [-0.1, -0.05) is 23.7 Å². The highest BCUT2D eigenvalue weighted by Crippen LogP contribution is 2.28. The molecule has 5 rings (SSSR count). The second kappa shape index (κ2) is 7.50. The fourth-order valence-corrected chi connectivity index (χ4v) is 4.41. The number of hydrogen-bond donors (Lipinski definition) is 0. The van der Waals surface area contributed by atoms with Gasteiger partial charge < -0.3 is 9.32 Å². The van der Waals surface area contributed by atoms with Gasteiger partial charge in [-0.15, -0.1) is 11.3 Å². The van der Waals surface area contributed by atoms with Gasteiger partial charge >= 0.3 is 0 Å². The fraction of sp³-hybridized carbons (Fsp3) is 0.250. The second-order valence-corrected chi connectivity index (χ2v) is 8.06. The summed E-state index contributed by atoms with van der Waals surface area (Å²) >= 11 is 7.72. The molecule has 4 heterocycles. The molecule has 8 heteroatoms. The highest BCUT2D eigenvalue weighted by atomic mass is 35.5. The van der Waals surface area contributed by atoms with E-state index in [1.54, 1.807) is 23.9 Å². The summed E-state index contributed by atoms with van der Waals surface area (Å²) in [6.45, 7) is 4.41. The molecular weight excluding hydrogens is 394 g/mol. The molecule has 0 radical (unpaired) electrons. The number of rotatable bonds is 4. The Kier molecular flexibility index (Phi) is 4.72. The van der Waals surface area contributed by atoms with E-state index in [0.717, 1.165) is 59.4 Å². The Morgan fingerprint density at radius 3 is 2.82 bits per heavy atom. The van der Waals surface area contributed by atoms with Crippen molar-refractivity contribution in [3.8, 4) is 11.3 Å². The lowest BCUT2D eigenvalue weighted by molar-refractivity contribution is 0.227. The lowest BCUT2D eigenvalue weighted by Crippen LogP contribution is -2.46. The molecule has 1 aromatic carbocycles. The van der Waals surface area contributed by atoms with Gasteiger partial charge in [-0.05, 0) is 23.6 Å². The largest absolute Gasteiger partial charge is 0.439 e. The SMILES string of the molecule is Clc1cccc(-c2cnc(CN3CCN(c4ncnc5sccc45)CC3)o2)c1. The first kappa shape index (κ1) is 17.6. The number of oxazole rings is 1. The maximum absolute atomic E-state index is 6.07. The van der Waals surface area contributed by atoms with Crippen molar-refractivity contribution in [2.75, 3.05) is 31.1 Å². The third-order valence-corrected chi connectivity index (χ3v) is 5.99. The summed E-state index contributed by atoms with van der Waals surface area (Å²) in [5.41, 5.74) is 0.944. The van der Waals surface area contributed by atoms with Gasteiger partial charge in [-0.3, -0.25) is 4.90 Å². The third-order valence-electron chi connectivity index (χ3n) is 4.93. The average Bonchev–Trinajstić information content (AvgIpc) is 3.38. The number of nitrogens with zero attached hydrogens (tertiary/aromatic N) is 5. The Morgan fingerprint density at radius 1 is 1.07 bits per heavy atom. The van der Waals surface area contributed by atoms with E-state index >= 15 is 0 Å². The number of hydrogen-bond acceptors (Lipinski definition) is 7. The normalized spacial score (nSPS) is 15.4.